The first-order valence-corrected chi connectivity index (χ1v) is 4.01. The lowest BCUT2D eigenvalue weighted by Gasteiger charge is -2.09. The molecule has 10 heavy (non-hydrogen) atoms. The number of hydroxylamine groups is 1. The number of rotatable bonds is 5. The highest BCUT2D eigenvalue weighted by Crippen LogP contribution is 1.96. The summed E-state index contributed by atoms with van der Waals surface area (Å²) in [6.07, 6.45) is 1.46. The highest BCUT2D eigenvalue weighted by molar-refractivity contribution is 4.44. The van der Waals surface area contributed by atoms with Gasteiger partial charge in [-0.25, -0.2) is 5.48 Å². The van der Waals surface area contributed by atoms with Crippen LogP contribution in [0.5, 0.6) is 0 Å². The van der Waals surface area contributed by atoms with E-state index in [-0.39, 0.29) is 6.10 Å². The van der Waals surface area contributed by atoms with E-state index in [1.54, 1.807) is 0 Å². The zero-order chi connectivity index (χ0) is 7.98. The van der Waals surface area contributed by atoms with Crippen molar-refractivity contribution in [2.45, 2.75) is 40.2 Å². The highest BCUT2D eigenvalue weighted by atomic mass is 16.7. The first-order valence-electron chi connectivity index (χ1n) is 4.01. The Bertz CT molecular complexity index is 61.7. The van der Waals surface area contributed by atoms with Crippen LogP contribution in [-0.2, 0) is 4.84 Å². The maximum absolute atomic E-state index is 5.14. The Morgan fingerprint density at radius 1 is 1.20 bits per heavy atom. The minimum absolute atomic E-state index is 0.284. The van der Waals surface area contributed by atoms with Crippen LogP contribution in [0.4, 0.5) is 0 Å². The van der Waals surface area contributed by atoms with Crippen molar-refractivity contribution in [3.8, 4) is 0 Å². The van der Waals surface area contributed by atoms with E-state index in [0.717, 1.165) is 12.5 Å². The van der Waals surface area contributed by atoms with Crippen LogP contribution in [0.25, 0.3) is 0 Å². The molecule has 0 aromatic rings. The number of hydrogen-bond donors (Lipinski definition) is 1. The summed E-state index contributed by atoms with van der Waals surface area (Å²) in [5.41, 5.74) is 2.92. The molecule has 2 nitrogen and oxygen atoms in total. The minimum atomic E-state index is 0.284. The Kier molecular flexibility index (Phi) is 5.64. The van der Waals surface area contributed by atoms with Crippen LogP contribution in [-0.4, -0.2) is 12.6 Å². The number of nitrogens with one attached hydrogen (secondary N) is 1. The Morgan fingerprint density at radius 3 is 2.20 bits per heavy atom. The van der Waals surface area contributed by atoms with Gasteiger partial charge in [0.1, 0.15) is 0 Å². The van der Waals surface area contributed by atoms with E-state index in [1.165, 1.54) is 6.42 Å². The summed E-state index contributed by atoms with van der Waals surface area (Å²) in [5, 5.41) is 0. The molecule has 1 N–H and O–H groups in total. The SMILES string of the molecule is CC(C)CCNOC(C)C. The van der Waals surface area contributed by atoms with E-state index in [2.05, 4.69) is 19.3 Å². The molecule has 2 heteroatoms. The largest absolute Gasteiger partial charge is 0.299 e. The van der Waals surface area contributed by atoms with Gasteiger partial charge in [-0.1, -0.05) is 13.8 Å². The lowest BCUT2D eigenvalue weighted by atomic mass is 10.1. The zero-order valence-corrected chi connectivity index (χ0v) is 7.48. The molecular weight excluding hydrogens is 126 g/mol. The van der Waals surface area contributed by atoms with Gasteiger partial charge >= 0.3 is 0 Å². The van der Waals surface area contributed by atoms with E-state index in [4.69, 9.17) is 4.84 Å². The molecule has 0 bridgehead atoms. The molecule has 0 amide bonds. The standard InChI is InChI=1S/C8H19NO/c1-7(2)5-6-9-10-8(3)4/h7-9H,5-6H2,1-4H3. The van der Waals surface area contributed by atoms with E-state index in [0.29, 0.717) is 0 Å². The lowest BCUT2D eigenvalue weighted by Crippen LogP contribution is -2.21. The summed E-state index contributed by atoms with van der Waals surface area (Å²) in [6, 6.07) is 0. The maximum atomic E-state index is 5.14. The van der Waals surface area contributed by atoms with Crippen molar-refractivity contribution in [3.63, 3.8) is 0 Å². The molecule has 62 valence electrons. The molecule has 0 saturated heterocycles. The van der Waals surface area contributed by atoms with Gasteiger partial charge in [-0.3, -0.25) is 4.84 Å². The van der Waals surface area contributed by atoms with Gasteiger partial charge in [-0.2, -0.15) is 0 Å². The molecule has 0 spiro atoms. The van der Waals surface area contributed by atoms with Gasteiger partial charge in [0.2, 0.25) is 0 Å². The molecule has 0 aliphatic carbocycles. The van der Waals surface area contributed by atoms with Gasteiger partial charge in [0.15, 0.2) is 0 Å². The first-order chi connectivity index (χ1) is 4.63. The van der Waals surface area contributed by atoms with E-state index in [9.17, 15) is 0 Å². The summed E-state index contributed by atoms with van der Waals surface area (Å²) < 4.78 is 0. The van der Waals surface area contributed by atoms with Crippen molar-refractivity contribution in [2.24, 2.45) is 5.92 Å². The molecule has 0 aromatic carbocycles. The lowest BCUT2D eigenvalue weighted by molar-refractivity contribution is -0.00641. The Balaban J connectivity index is 2.91. The van der Waals surface area contributed by atoms with Gasteiger partial charge in [-0.15, -0.1) is 0 Å². The second-order valence-corrected chi connectivity index (χ2v) is 3.24. The molecule has 0 atom stereocenters. The third kappa shape index (κ3) is 7.92. The maximum Gasteiger partial charge on any atom is 0.0734 e. The van der Waals surface area contributed by atoms with Gasteiger partial charge < -0.3 is 0 Å². The smallest absolute Gasteiger partial charge is 0.0734 e. The monoisotopic (exact) mass is 145 g/mol. The third-order valence-electron chi connectivity index (χ3n) is 1.14. The van der Waals surface area contributed by atoms with Gasteiger partial charge in [0.05, 0.1) is 6.10 Å². The Morgan fingerprint density at radius 2 is 1.80 bits per heavy atom. The zero-order valence-electron chi connectivity index (χ0n) is 7.48. The molecule has 0 saturated carbocycles. The molecule has 0 aromatic heterocycles. The third-order valence-corrected chi connectivity index (χ3v) is 1.14. The predicted molar refractivity (Wildman–Crippen MR) is 43.7 cm³/mol. The fourth-order valence-electron chi connectivity index (χ4n) is 0.573. The average molecular weight is 145 g/mol. The molecular formula is C8H19NO. The van der Waals surface area contributed by atoms with Crippen molar-refractivity contribution in [2.75, 3.05) is 6.54 Å². The van der Waals surface area contributed by atoms with Crippen LogP contribution in [0.15, 0.2) is 0 Å². The second kappa shape index (κ2) is 5.69. The Labute approximate surface area is 63.9 Å². The normalized spacial score (nSPS) is 11.4. The topological polar surface area (TPSA) is 21.3 Å². The van der Waals surface area contributed by atoms with Crippen LogP contribution in [0.2, 0.25) is 0 Å². The highest BCUT2D eigenvalue weighted by Gasteiger charge is 1.94. The van der Waals surface area contributed by atoms with Crippen LogP contribution in [0, 0.1) is 5.92 Å². The Hall–Kier alpha value is -0.0800. The van der Waals surface area contributed by atoms with Crippen molar-refractivity contribution in [1.29, 1.82) is 0 Å². The fourth-order valence-corrected chi connectivity index (χ4v) is 0.573. The van der Waals surface area contributed by atoms with Crippen LogP contribution < -0.4 is 5.48 Å². The van der Waals surface area contributed by atoms with Crippen molar-refractivity contribution < 1.29 is 4.84 Å². The van der Waals surface area contributed by atoms with Crippen molar-refractivity contribution in [1.82, 2.24) is 5.48 Å². The second-order valence-electron chi connectivity index (χ2n) is 3.24. The molecule has 0 aliphatic rings. The number of hydrogen-bond acceptors (Lipinski definition) is 2. The quantitative estimate of drug-likeness (QED) is 0.471. The van der Waals surface area contributed by atoms with Crippen LogP contribution >= 0.6 is 0 Å². The van der Waals surface area contributed by atoms with E-state index >= 15 is 0 Å². The summed E-state index contributed by atoms with van der Waals surface area (Å²) in [6.45, 7) is 9.40. The van der Waals surface area contributed by atoms with Gasteiger partial charge in [-0.05, 0) is 26.2 Å². The van der Waals surface area contributed by atoms with E-state index < -0.39 is 0 Å². The fraction of sp³-hybridized carbons (Fsp3) is 1.00. The summed E-state index contributed by atoms with van der Waals surface area (Å²) in [4.78, 5) is 5.14. The predicted octanol–water partition coefficient (Wildman–Crippen LogP) is 1.96. The summed E-state index contributed by atoms with van der Waals surface area (Å²) >= 11 is 0. The molecule has 0 radical (unpaired) electrons. The van der Waals surface area contributed by atoms with Crippen molar-refractivity contribution in [3.05, 3.63) is 0 Å². The molecule has 0 aliphatic heterocycles. The van der Waals surface area contributed by atoms with Crippen molar-refractivity contribution >= 4 is 0 Å². The summed E-state index contributed by atoms with van der Waals surface area (Å²) in [7, 11) is 0. The molecule has 0 fully saturated rings. The van der Waals surface area contributed by atoms with Crippen LogP contribution in [0.3, 0.4) is 0 Å². The van der Waals surface area contributed by atoms with Gasteiger partial charge in [0.25, 0.3) is 0 Å². The molecule has 0 unspecified atom stereocenters. The van der Waals surface area contributed by atoms with E-state index in [1.807, 2.05) is 13.8 Å². The minimum Gasteiger partial charge on any atom is -0.299 e. The average Bonchev–Trinajstić information content (AvgIpc) is 1.79. The summed E-state index contributed by atoms with van der Waals surface area (Å²) in [5.74, 6) is 0.753. The molecule has 0 rings (SSSR count). The van der Waals surface area contributed by atoms with Crippen LogP contribution in [0.1, 0.15) is 34.1 Å². The first kappa shape index (κ1) is 9.92. The molecule has 0 heterocycles. The van der Waals surface area contributed by atoms with Gasteiger partial charge in [0, 0.05) is 6.54 Å².